The Kier molecular flexibility index (Phi) is 4.35. The Morgan fingerprint density at radius 3 is 2.57 bits per heavy atom. The van der Waals surface area contributed by atoms with E-state index in [2.05, 4.69) is 22.0 Å². The van der Waals surface area contributed by atoms with E-state index in [9.17, 15) is 0 Å². The molecule has 0 atom stereocenters. The number of hydrogen-bond acceptors (Lipinski definition) is 3. The van der Waals surface area contributed by atoms with Crippen molar-refractivity contribution in [2.45, 2.75) is 0 Å². The lowest BCUT2D eigenvalue weighted by molar-refractivity contribution is 0.311. The highest BCUT2D eigenvalue weighted by atomic mass is 79.9. The van der Waals surface area contributed by atoms with Crippen LogP contribution in [-0.2, 0) is 0 Å². The molecule has 1 rings (SSSR count). The summed E-state index contributed by atoms with van der Waals surface area (Å²) in [6, 6.07) is 4.59. The second-order valence-electron chi connectivity index (χ2n) is 2.29. The fourth-order valence-corrected chi connectivity index (χ4v) is 1.56. The molecule has 0 fully saturated rings. The standard InChI is InChI=1S/C9H9BrClO3/c1-12-7-4-3-6(10)8(13-2)9(7)14-5-11/h4H,5H2,1-2H3. The van der Waals surface area contributed by atoms with Gasteiger partial charge in [-0.3, -0.25) is 0 Å². The highest BCUT2D eigenvalue weighted by Crippen LogP contribution is 2.42. The number of methoxy groups -OCH3 is 2. The first kappa shape index (κ1) is 11.5. The van der Waals surface area contributed by atoms with Gasteiger partial charge in [-0.15, -0.1) is 0 Å². The number of alkyl halides is 1. The Labute approximate surface area is 96.0 Å². The second-order valence-corrected chi connectivity index (χ2v) is 3.30. The molecule has 0 saturated carbocycles. The molecule has 5 heteroatoms. The van der Waals surface area contributed by atoms with Crippen LogP contribution in [0.25, 0.3) is 0 Å². The lowest BCUT2D eigenvalue weighted by atomic mass is 10.3. The summed E-state index contributed by atoms with van der Waals surface area (Å²) in [4.78, 5) is 0. The van der Waals surface area contributed by atoms with Crippen molar-refractivity contribution in [1.29, 1.82) is 0 Å². The van der Waals surface area contributed by atoms with E-state index >= 15 is 0 Å². The van der Waals surface area contributed by atoms with E-state index in [0.29, 0.717) is 21.7 Å². The van der Waals surface area contributed by atoms with Gasteiger partial charge in [-0.2, -0.15) is 0 Å². The number of ether oxygens (including phenoxy) is 3. The third-order valence-corrected chi connectivity index (χ3v) is 2.28. The van der Waals surface area contributed by atoms with Gasteiger partial charge in [-0.05, 0) is 22.0 Å². The molecule has 0 N–H and O–H groups in total. The van der Waals surface area contributed by atoms with Crippen LogP contribution in [-0.4, -0.2) is 20.3 Å². The number of halogens is 2. The summed E-state index contributed by atoms with van der Waals surface area (Å²) in [6.07, 6.45) is 0. The fraction of sp³-hybridized carbons (Fsp3) is 0.333. The first-order valence-electron chi connectivity index (χ1n) is 3.75. The Morgan fingerprint density at radius 1 is 1.36 bits per heavy atom. The first-order chi connectivity index (χ1) is 6.74. The average molecular weight is 281 g/mol. The minimum absolute atomic E-state index is 0.0309. The van der Waals surface area contributed by atoms with Crippen LogP contribution in [0.3, 0.4) is 0 Å². The van der Waals surface area contributed by atoms with Crippen molar-refractivity contribution in [1.82, 2.24) is 0 Å². The van der Waals surface area contributed by atoms with Crippen molar-refractivity contribution in [2.75, 3.05) is 20.3 Å². The summed E-state index contributed by atoms with van der Waals surface area (Å²) in [7, 11) is 3.08. The molecule has 0 bridgehead atoms. The van der Waals surface area contributed by atoms with Gasteiger partial charge in [0.25, 0.3) is 0 Å². The van der Waals surface area contributed by atoms with Crippen LogP contribution in [0.4, 0.5) is 0 Å². The van der Waals surface area contributed by atoms with Crippen LogP contribution in [0.15, 0.2) is 10.5 Å². The Morgan fingerprint density at radius 2 is 2.07 bits per heavy atom. The van der Waals surface area contributed by atoms with E-state index in [1.54, 1.807) is 6.07 Å². The zero-order valence-electron chi connectivity index (χ0n) is 7.77. The molecule has 1 aromatic carbocycles. The van der Waals surface area contributed by atoms with Gasteiger partial charge in [-0.25, -0.2) is 0 Å². The van der Waals surface area contributed by atoms with E-state index in [1.165, 1.54) is 14.2 Å². The van der Waals surface area contributed by atoms with Gasteiger partial charge >= 0.3 is 0 Å². The van der Waals surface area contributed by atoms with Gasteiger partial charge in [0.1, 0.15) is 0 Å². The van der Waals surface area contributed by atoms with Gasteiger partial charge in [0.2, 0.25) is 5.75 Å². The maximum atomic E-state index is 5.49. The molecule has 0 aliphatic carbocycles. The summed E-state index contributed by atoms with van der Waals surface area (Å²) < 4.78 is 16.1. The Bertz CT molecular complexity index is 317. The quantitative estimate of drug-likeness (QED) is 0.794. The molecular weight excluding hydrogens is 271 g/mol. The highest BCUT2D eigenvalue weighted by molar-refractivity contribution is 9.10. The van der Waals surface area contributed by atoms with E-state index in [-0.39, 0.29) is 6.07 Å². The predicted octanol–water partition coefficient (Wildman–Crippen LogP) is 2.84. The van der Waals surface area contributed by atoms with E-state index < -0.39 is 0 Å². The van der Waals surface area contributed by atoms with Gasteiger partial charge in [-0.1, -0.05) is 11.6 Å². The first-order valence-corrected chi connectivity index (χ1v) is 5.08. The van der Waals surface area contributed by atoms with Gasteiger partial charge in [0, 0.05) is 6.07 Å². The summed E-state index contributed by atoms with van der Waals surface area (Å²) >= 11 is 8.77. The Hall–Kier alpha value is -0.610. The van der Waals surface area contributed by atoms with Crippen LogP contribution in [0.5, 0.6) is 17.2 Å². The molecule has 0 aliphatic heterocycles. The normalized spacial score (nSPS) is 9.71. The number of benzene rings is 1. The monoisotopic (exact) mass is 279 g/mol. The van der Waals surface area contributed by atoms with Crippen LogP contribution in [0.1, 0.15) is 0 Å². The molecule has 0 saturated heterocycles. The Balaban J connectivity index is 3.21. The minimum atomic E-state index is 0.0309. The second kappa shape index (κ2) is 5.32. The highest BCUT2D eigenvalue weighted by Gasteiger charge is 2.14. The van der Waals surface area contributed by atoms with E-state index in [1.807, 2.05) is 0 Å². The average Bonchev–Trinajstić information content (AvgIpc) is 2.19. The molecule has 0 spiro atoms. The van der Waals surface area contributed by atoms with E-state index in [4.69, 9.17) is 25.8 Å². The number of rotatable bonds is 4. The van der Waals surface area contributed by atoms with Crippen molar-refractivity contribution >= 4 is 27.5 Å². The zero-order valence-corrected chi connectivity index (χ0v) is 10.1. The van der Waals surface area contributed by atoms with Crippen LogP contribution in [0, 0.1) is 6.07 Å². The molecule has 1 aromatic rings. The molecule has 77 valence electrons. The van der Waals surface area contributed by atoms with Gasteiger partial charge in [0.05, 0.1) is 18.7 Å². The fourth-order valence-electron chi connectivity index (χ4n) is 0.997. The van der Waals surface area contributed by atoms with Gasteiger partial charge in [0.15, 0.2) is 17.6 Å². The third-order valence-electron chi connectivity index (χ3n) is 1.58. The zero-order chi connectivity index (χ0) is 10.6. The maximum absolute atomic E-state index is 5.49. The molecule has 14 heavy (non-hydrogen) atoms. The van der Waals surface area contributed by atoms with Crippen molar-refractivity contribution in [3.63, 3.8) is 0 Å². The lowest BCUT2D eigenvalue weighted by Gasteiger charge is -2.13. The van der Waals surface area contributed by atoms with E-state index in [0.717, 1.165) is 0 Å². The molecular formula is C9H9BrClO3. The molecule has 0 unspecified atom stereocenters. The topological polar surface area (TPSA) is 27.7 Å². The third kappa shape index (κ3) is 2.25. The number of hydrogen-bond donors (Lipinski definition) is 0. The molecule has 0 aromatic heterocycles. The summed E-state index contributed by atoms with van der Waals surface area (Å²) in [5.74, 6) is 1.52. The van der Waals surface area contributed by atoms with Crippen LogP contribution >= 0.6 is 27.5 Å². The summed E-state index contributed by atoms with van der Waals surface area (Å²) in [5.41, 5.74) is 0. The van der Waals surface area contributed by atoms with Crippen molar-refractivity contribution < 1.29 is 14.2 Å². The maximum Gasteiger partial charge on any atom is 0.206 e. The minimum Gasteiger partial charge on any atom is -0.493 e. The summed E-state index contributed by atoms with van der Waals surface area (Å²) in [5, 5.41) is 0. The SMILES string of the molecule is COc1c[c]c(Br)c(OC)c1OCCl. The molecule has 0 heterocycles. The predicted molar refractivity (Wildman–Crippen MR) is 57.4 cm³/mol. The summed E-state index contributed by atoms with van der Waals surface area (Å²) in [6.45, 7) is 0. The van der Waals surface area contributed by atoms with Crippen molar-refractivity contribution in [3.05, 3.63) is 16.6 Å². The van der Waals surface area contributed by atoms with Gasteiger partial charge < -0.3 is 14.2 Å². The molecule has 0 amide bonds. The van der Waals surface area contributed by atoms with Crippen molar-refractivity contribution in [3.8, 4) is 17.2 Å². The van der Waals surface area contributed by atoms with Crippen molar-refractivity contribution in [2.24, 2.45) is 0 Å². The van der Waals surface area contributed by atoms with Crippen LogP contribution < -0.4 is 14.2 Å². The molecule has 3 nitrogen and oxygen atoms in total. The molecule has 0 aliphatic rings. The molecule has 1 radical (unpaired) electrons. The smallest absolute Gasteiger partial charge is 0.206 e. The largest absolute Gasteiger partial charge is 0.493 e. The lowest BCUT2D eigenvalue weighted by Crippen LogP contribution is -1.97. The van der Waals surface area contributed by atoms with Crippen LogP contribution in [0.2, 0.25) is 0 Å².